The van der Waals surface area contributed by atoms with Gasteiger partial charge in [0.2, 0.25) is 0 Å². The van der Waals surface area contributed by atoms with Crippen LogP contribution in [0.3, 0.4) is 0 Å². The van der Waals surface area contributed by atoms with Gasteiger partial charge in [-0.1, -0.05) is 276 Å². The molecule has 0 saturated heterocycles. The molecule has 0 aliphatic carbocycles. The third-order valence-electron chi connectivity index (χ3n) is 18.7. The van der Waals surface area contributed by atoms with E-state index in [9.17, 15) is 0 Å². The average Bonchev–Trinajstić information content (AvgIpc) is 1.50. The highest BCUT2D eigenvalue weighted by atomic mass is 15.2. The number of fused-ring (bicyclic) bond motifs is 5. The Bertz CT molecular complexity index is 4540. The molecule has 5 nitrogen and oxygen atoms in total. The molecule has 10 aromatic carbocycles. The van der Waals surface area contributed by atoms with Gasteiger partial charge in [0, 0.05) is 51.2 Å². The van der Waals surface area contributed by atoms with E-state index in [2.05, 4.69) is 376 Å². The van der Waals surface area contributed by atoms with E-state index in [1.807, 2.05) is 6.20 Å². The molecule has 0 fully saturated rings. The molecule has 94 heavy (non-hydrogen) atoms. The number of nitrogens with one attached hydrogen (secondary N) is 2. The Morgan fingerprint density at radius 2 is 0.755 bits per heavy atom. The van der Waals surface area contributed by atoms with Gasteiger partial charge in [-0.15, -0.1) is 0 Å². The van der Waals surface area contributed by atoms with Crippen molar-refractivity contribution in [2.75, 3.05) is 20.4 Å². The fourth-order valence-corrected chi connectivity index (χ4v) is 12.9. The maximum absolute atomic E-state index is 5.30. The summed E-state index contributed by atoms with van der Waals surface area (Å²) in [6, 6.07) is 86.1. The second-order valence-electron chi connectivity index (χ2n) is 32.1. The Kier molecular flexibility index (Phi) is 16.8. The molecule has 0 radical (unpaired) electrons. The van der Waals surface area contributed by atoms with E-state index >= 15 is 0 Å². The number of hydrogen-bond acceptors (Lipinski definition) is 5. The number of rotatable bonds is 11. The first-order chi connectivity index (χ1) is 44.4. The van der Waals surface area contributed by atoms with E-state index in [1.54, 1.807) is 0 Å². The van der Waals surface area contributed by atoms with Crippen LogP contribution in [0.5, 0.6) is 0 Å². The van der Waals surface area contributed by atoms with Gasteiger partial charge in [0.1, 0.15) is 5.82 Å². The highest BCUT2D eigenvalue weighted by Gasteiger charge is 2.32. The molecule has 0 amide bonds. The lowest BCUT2D eigenvalue weighted by molar-refractivity contribution is 0.568. The second-order valence-corrected chi connectivity index (χ2v) is 32.1. The van der Waals surface area contributed by atoms with E-state index in [0.29, 0.717) is 0 Å². The number of nitrogens with zero attached hydrogens (tertiary/aromatic N) is 3. The summed E-state index contributed by atoms with van der Waals surface area (Å²) in [6.45, 7) is 41.7. The Morgan fingerprint density at radius 3 is 1.34 bits per heavy atom. The lowest BCUT2D eigenvalue weighted by Gasteiger charge is -2.34. The Balaban J connectivity index is 1.08. The maximum Gasteiger partial charge on any atom is 0.137 e. The molecule has 12 rings (SSSR count). The van der Waals surface area contributed by atoms with Crippen molar-refractivity contribution in [3.8, 4) is 55.6 Å². The zero-order chi connectivity index (χ0) is 66.9. The first kappa shape index (κ1) is 64.6. The molecule has 11 aromatic rings. The molecule has 1 aliphatic heterocycles. The Morgan fingerprint density at radius 1 is 0.287 bits per heavy atom. The minimum absolute atomic E-state index is 0.0561. The van der Waals surface area contributed by atoms with Crippen LogP contribution in [0.2, 0.25) is 0 Å². The van der Waals surface area contributed by atoms with E-state index in [-0.39, 0.29) is 32.5 Å². The number of aromatic nitrogens is 1. The third-order valence-corrected chi connectivity index (χ3v) is 18.7. The summed E-state index contributed by atoms with van der Waals surface area (Å²) < 4.78 is 0. The molecule has 1 aliphatic rings. The van der Waals surface area contributed by atoms with Crippen molar-refractivity contribution in [1.29, 1.82) is 0 Å². The first-order valence-electron chi connectivity index (χ1n) is 33.7. The predicted octanol–water partition coefficient (Wildman–Crippen LogP) is 25.9. The van der Waals surface area contributed by atoms with Crippen LogP contribution in [0.1, 0.15) is 158 Å². The van der Waals surface area contributed by atoms with Crippen molar-refractivity contribution >= 4 is 57.0 Å². The molecule has 1 aromatic heterocycles. The van der Waals surface area contributed by atoms with Crippen LogP contribution in [0.15, 0.2) is 237 Å². The number of hydrogen-bond donors (Lipinski definition) is 2. The quantitative estimate of drug-likeness (QED) is 0.135. The van der Waals surface area contributed by atoms with Crippen LogP contribution in [0.25, 0.3) is 55.6 Å². The zero-order valence-corrected chi connectivity index (χ0v) is 58.9. The topological polar surface area (TPSA) is 43.4 Å². The van der Waals surface area contributed by atoms with Crippen molar-refractivity contribution in [3.63, 3.8) is 0 Å². The molecular weight excluding hydrogens is 1140 g/mol. The van der Waals surface area contributed by atoms with Gasteiger partial charge in [-0.3, -0.25) is 4.90 Å². The van der Waals surface area contributed by atoms with Crippen LogP contribution < -0.4 is 20.4 Å². The molecule has 476 valence electrons. The van der Waals surface area contributed by atoms with Gasteiger partial charge in [-0.2, -0.15) is 0 Å². The summed E-state index contributed by atoms with van der Waals surface area (Å²) in [5, 5.41) is 8.21. The van der Waals surface area contributed by atoms with Gasteiger partial charge in [-0.05, 0) is 178 Å². The number of para-hydroxylation sites is 4. The Labute approximate surface area is 562 Å². The van der Waals surface area contributed by atoms with Crippen LogP contribution >= 0.6 is 0 Å². The van der Waals surface area contributed by atoms with E-state index in [4.69, 9.17) is 4.98 Å². The summed E-state index contributed by atoms with van der Waals surface area (Å²) in [5.74, 6) is 0.866. The Hall–Kier alpha value is -9.45. The van der Waals surface area contributed by atoms with Gasteiger partial charge < -0.3 is 15.5 Å². The van der Waals surface area contributed by atoms with Crippen molar-refractivity contribution in [2.24, 2.45) is 0 Å². The van der Waals surface area contributed by atoms with Crippen LogP contribution in [-0.2, 0) is 32.5 Å². The van der Waals surface area contributed by atoms with Crippen molar-refractivity contribution in [2.45, 2.75) is 157 Å². The molecular formula is C89H95N5. The van der Waals surface area contributed by atoms with Crippen molar-refractivity contribution in [1.82, 2.24) is 4.98 Å². The normalized spacial score (nSPS) is 12.8. The van der Waals surface area contributed by atoms with E-state index in [0.717, 1.165) is 84.8 Å². The van der Waals surface area contributed by atoms with E-state index < -0.39 is 0 Å². The fourth-order valence-electron chi connectivity index (χ4n) is 12.9. The minimum Gasteiger partial charge on any atom is -0.354 e. The summed E-state index contributed by atoms with van der Waals surface area (Å²) >= 11 is 0. The van der Waals surface area contributed by atoms with Gasteiger partial charge in [0.05, 0.1) is 28.4 Å². The van der Waals surface area contributed by atoms with Gasteiger partial charge in [0.25, 0.3) is 0 Å². The van der Waals surface area contributed by atoms with Crippen molar-refractivity contribution < 1.29 is 0 Å². The highest BCUT2D eigenvalue weighted by Crippen LogP contribution is 2.54. The smallest absolute Gasteiger partial charge is 0.137 e. The summed E-state index contributed by atoms with van der Waals surface area (Å²) in [6.07, 6.45) is 1.99. The predicted molar refractivity (Wildman–Crippen MR) is 406 cm³/mol. The lowest BCUT2D eigenvalue weighted by atomic mass is 9.78. The molecule has 2 heterocycles. The molecule has 0 unspecified atom stereocenters. The molecule has 0 spiro atoms. The standard InChI is InChI=1S/C89H95N5/c1-84(2,3)62-44-45-90-82(55-62)94-80-39-28-25-34-75(80)77-48-60(58-30-21-19-22-31-58)40-42-74(77)76-43-41-69(57-81(76)94)93(70-52-65(87(10,11)12)50-66(53-70)88(13,14)15)71-54-67(89(16,17)18)51-68(56-71)91-78-37-26-27-38-79(78)92-83-72(59-32-23-20-24-33-59)35-29-36-73(83)61-46-63(85(4,5)6)49-64(47-61)86(7,8)9/h19-57,91-92H,1-18H3. The molecule has 0 saturated carbocycles. The number of benzene rings is 10. The average molecular weight is 1230 g/mol. The molecule has 0 bridgehead atoms. The summed E-state index contributed by atoms with van der Waals surface area (Å²) in [4.78, 5) is 10.2. The van der Waals surface area contributed by atoms with Crippen LogP contribution in [0, 0.1) is 0 Å². The highest BCUT2D eigenvalue weighted by molar-refractivity contribution is 6.04. The third kappa shape index (κ3) is 13.4. The summed E-state index contributed by atoms with van der Waals surface area (Å²) in [7, 11) is 0. The van der Waals surface area contributed by atoms with Crippen LogP contribution in [0.4, 0.5) is 57.0 Å². The number of anilines is 10. The lowest BCUT2D eigenvalue weighted by Crippen LogP contribution is -2.20. The van der Waals surface area contributed by atoms with Crippen LogP contribution in [-0.4, -0.2) is 4.98 Å². The van der Waals surface area contributed by atoms with Gasteiger partial charge in [-0.25, -0.2) is 4.98 Å². The van der Waals surface area contributed by atoms with E-state index in [1.165, 1.54) is 61.2 Å². The SMILES string of the molecule is CC(C)(C)c1cc(Nc2ccccc2Nc2c(-c3ccccc3)cccc2-c2cc(C(C)(C)C)cc(C(C)(C)C)c2)cc(N(c2cc(C(C)(C)C)cc(C(C)(C)C)c2)c2ccc3c(c2)N(c2cc(C(C)(C)C)ccn2)c2ccccc2-c2cc(-c4ccccc4)ccc2-3)c1. The largest absolute Gasteiger partial charge is 0.354 e. The zero-order valence-electron chi connectivity index (χ0n) is 58.9. The molecule has 2 N–H and O–H groups in total. The molecule has 0 atom stereocenters. The molecule has 5 heteroatoms. The van der Waals surface area contributed by atoms with Gasteiger partial charge >= 0.3 is 0 Å². The van der Waals surface area contributed by atoms with Gasteiger partial charge in [0.15, 0.2) is 0 Å². The minimum atomic E-state index is -0.239. The monoisotopic (exact) mass is 1230 g/mol. The number of pyridine rings is 1. The summed E-state index contributed by atoms with van der Waals surface area (Å²) in [5.41, 5.74) is 27.6. The second kappa shape index (κ2) is 24.5. The first-order valence-corrected chi connectivity index (χ1v) is 33.7. The van der Waals surface area contributed by atoms with Crippen molar-refractivity contribution in [3.05, 3.63) is 270 Å². The fraction of sp³-hybridized carbons (Fsp3) is 0.270. The maximum atomic E-state index is 5.30.